The van der Waals surface area contributed by atoms with Crippen molar-refractivity contribution in [3.8, 4) is 0 Å². The Labute approximate surface area is 104 Å². The number of nitrogens with one attached hydrogen (secondary N) is 1. The molecule has 5 heteroatoms. The van der Waals surface area contributed by atoms with Gasteiger partial charge in [0.1, 0.15) is 5.51 Å². The average Bonchev–Trinajstić information content (AvgIpc) is 3.20. The molecule has 88 valence electrons. The molecule has 0 bridgehead atoms. The van der Waals surface area contributed by atoms with Gasteiger partial charge in [0.15, 0.2) is 4.34 Å². The molecule has 1 heterocycles. The summed E-state index contributed by atoms with van der Waals surface area (Å²) < 4.78 is 1.09. The Hall–Kier alpha value is -0.130. The minimum absolute atomic E-state index is 0.829. The van der Waals surface area contributed by atoms with Gasteiger partial charge >= 0.3 is 0 Å². The molecular weight excluding hydrogens is 238 g/mol. The van der Waals surface area contributed by atoms with Gasteiger partial charge in [0, 0.05) is 18.3 Å². The Bertz CT molecular complexity index is 308. The van der Waals surface area contributed by atoms with E-state index in [-0.39, 0.29) is 0 Å². The summed E-state index contributed by atoms with van der Waals surface area (Å²) in [5.41, 5.74) is 1.80. The first-order valence-corrected chi connectivity index (χ1v) is 7.92. The van der Waals surface area contributed by atoms with Gasteiger partial charge in [-0.1, -0.05) is 23.1 Å². The molecule has 0 saturated heterocycles. The van der Waals surface area contributed by atoms with Gasteiger partial charge in [-0.3, -0.25) is 0 Å². The molecular formula is C11H17N3S2. The molecule has 0 aliphatic heterocycles. The predicted octanol–water partition coefficient (Wildman–Crippen LogP) is 2.41. The number of aromatic nitrogens is 2. The Morgan fingerprint density at radius 3 is 2.69 bits per heavy atom. The molecule has 0 amide bonds. The van der Waals surface area contributed by atoms with E-state index in [0.717, 1.165) is 34.5 Å². The van der Waals surface area contributed by atoms with Crippen molar-refractivity contribution in [1.82, 2.24) is 15.5 Å². The van der Waals surface area contributed by atoms with Crippen LogP contribution in [0.25, 0.3) is 0 Å². The van der Waals surface area contributed by atoms with Crippen LogP contribution in [-0.4, -0.2) is 28.5 Å². The summed E-state index contributed by atoms with van der Waals surface area (Å²) in [7, 11) is 0. The molecule has 2 saturated carbocycles. The van der Waals surface area contributed by atoms with Gasteiger partial charge in [-0.2, -0.15) is 0 Å². The molecule has 0 unspecified atom stereocenters. The minimum atomic E-state index is 0.829. The zero-order chi connectivity index (χ0) is 10.8. The maximum atomic E-state index is 4.03. The van der Waals surface area contributed by atoms with E-state index in [1.54, 1.807) is 16.8 Å². The van der Waals surface area contributed by atoms with Crippen LogP contribution < -0.4 is 5.32 Å². The number of thioether (sulfide) groups is 1. The molecule has 1 N–H and O–H groups in total. The van der Waals surface area contributed by atoms with Crippen LogP contribution in [0.1, 0.15) is 25.7 Å². The van der Waals surface area contributed by atoms with Crippen molar-refractivity contribution in [2.75, 3.05) is 12.3 Å². The fraction of sp³-hybridized carbons (Fsp3) is 0.818. The summed E-state index contributed by atoms with van der Waals surface area (Å²) >= 11 is 3.45. The van der Waals surface area contributed by atoms with Crippen molar-refractivity contribution in [3.63, 3.8) is 0 Å². The average molecular weight is 255 g/mol. The van der Waals surface area contributed by atoms with Crippen LogP contribution in [0.15, 0.2) is 9.85 Å². The van der Waals surface area contributed by atoms with E-state index in [9.17, 15) is 0 Å². The molecule has 0 atom stereocenters. The van der Waals surface area contributed by atoms with Crippen LogP contribution in [0.5, 0.6) is 0 Å². The third-order valence-electron chi connectivity index (χ3n) is 3.31. The first-order valence-electron chi connectivity index (χ1n) is 6.06. The van der Waals surface area contributed by atoms with Crippen molar-refractivity contribution in [2.45, 2.75) is 36.1 Å². The Balaban J connectivity index is 1.35. The van der Waals surface area contributed by atoms with Gasteiger partial charge in [0.25, 0.3) is 0 Å². The van der Waals surface area contributed by atoms with Crippen molar-refractivity contribution in [3.05, 3.63) is 5.51 Å². The SMILES string of the molecule is c1nnc(SCCNC(C2CC2)C2CC2)s1. The molecule has 2 aliphatic carbocycles. The largest absolute Gasteiger partial charge is 0.313 e. The molecule has 1 aromatic rings. The first kappa shape index (κ1) is 11.0. The molecule has 2 fully saturated rings. The molecule has 0 aromatic carbocycles. The maximum Gasteiger partial charge on any atom is 0.174 e. The third kappa shape index (κ3) is 2.96. The monoisotopic (exact) mass is 255 g/mol. The maximum absolute atomic E-state index is 4.03. The van der Waals surface area contributed by atoms with Gasteiger partial charge in [-0.15, -0.1) is 10.2 Å². The second-order valence-corrected chi connectivity index (χ2v) is 6.88. The lowest BCUT2D eigenvalue weighted by molar-refractivity contribution is 0.429. The topological polar surface area (TPSA) is 37.8 Å². The van der Waals surface area contributed by atoms with Crippen molar-refractivity contribution in [1.29, 1.82) is 0 Å². The van der Waals surface area contributed by atoms with E-state index in [1.165, 1.54) is 25.7 Å². The van der Waals surface area contributed by atoms with E-state index in [2.05, 4.69) is 15.5 Å². The summed E-state index contributed by atoms with van der Waals surface area (Å²) in [6.45, 7) is 1.11. The van der Waals surface area contributed by atoms with E-state index >= 15 is 0 Å². The van der Waals surface area contributed by atoms with Crippen LogP contribution in [0, 0.1) is 11.8 Å². The lowest BCUT2D eigenvalue weighted by Crippen LogP contribution is -2.34. The first-order chi connectivity index (χ1) is 7.93. The summed E-state index contributed by atoms with van der Waals surface area (Å²) in [5.74, 6) is 3.11. The van der Waals surface area contributed by atoms with Gasteiger partial charge in [-0.05, 0) is 37.5 Å². The van der Waals surface area contributed by atoms with E-state index in [0.29, 0.717) is 0 Å². The second kappa shape index (κ2) is 5.02. The number of rotatable bonds is 7. The highest BCUT2D eigenvalue weighted by molar-refractivity contribution is 8.01. The van der Waals surface area contributed by atoms with Crippen molar-refractivity contribution < 1.29 is 0 Å². The Morgan fingerprint density at radius 2 is 2.12 bits per heavy atom. The number of hydrogen-bond acceptors (Lipinski definition) is 5. The van der Waals surface area contributed by atoms with Crippen LogP contribution in [0.4, 0.5) is 0 Å². The van der Waals surface area contributed by atoms with E-state index in [1.807, 2.05) is 11.8 Å². The van der Waals surface area contributed by atoms with Gasteiger partial charge in [0.2, 0.25) is 0 Å². The van der Waals surface area contributed by atoms with Crippen LogP contribution >= 0.6 is 23.1 Å². The molecule has 3 nitrogen and oxygen atoms in total. The summed E-state index contributed by atoms with van der Waals surface area (Å²) in [6, 6.07) is 0.829. The number of hydrogen-bond donors (Lipinski definition) is 1. The molecule has 2 aliphatic rings. The van der Waals surface area contributed by atoms with Crippen molar-refractivity contribution >= 4 is 23.1 Å². The van der Waals surface area contributed by atoms with Gasteiger partial charge in [0.05, 0.1) is 0 Å². The lowest BCUT2D eigenvalue weighted by Gasteiger charge is -2.16. The summed E-state index contributed by atoms with van der Waals surface area (Å²) in [5, 5.41) is 11.6. The molecule has 3 rings (SSSR count). The highest BCUT2D eigenvalue weighted by Crippen LogP contribution is 2.44. The highest BCUT2D eigenvalue weighted by atomic mass is 32.2. The van der Waals surface area contributed by atoms with Gasteiger partial charge < -0.3 is 5.32 Å². The molecule has 16 heavy (non-hydrogen) atoms. The standard InChI is InChI=1S/C11H17N3S2/c1-2-8(1)10(9-3-4-9)12-5-6-15-11-14-13-7-16-11/h7-10,12H,1-6H2. The fourth-order valence-corrected chi connectivity index (χ4v) is 3.65. The van der Waals surface area contributed by atoms with Crippen molar-refractivity contribution in [2.24, 2.45) is 11.8 Å². The zero-order valence-electron chi connectivity index (χ0n) is 9.26. The normalized spacial score (nSPS) is 20.6. The highest BCUT2D eigenvalue weighted by Gasteiger charge is 2.40. The van der Waals surface area contributed by atoms with E-state index < -0.39 is 0 Å². The quantitative estimate of drug-likeness (QED) is 0.600. The zero-order valence-corrected chi connectivity index (χ0v) is 10.9. The van der Waals surface area contributed by atoms with Gasteiger partial charge in [-0.25, -0.2) is 0 Å². The lowest BCUT2D eigenvalue weighted by atomic mass is 10.1. The molecule has 0 spiro atoms. The smallest absolute Gasteiger partial charge is 0.174 e. The molecule has 1 aromatic heterocycles. The Kier molecular flexibility index (Phi) is 3.45. The van der Waals surface area contributed by atoms with E-state index in [4.69, 9.17) is 0 Å². The minimum Gasteiger partial charge on any atom is -0.313 e. The summed E-state index contributed by atoms with van der Waals surface area (Å²) in [6.07, 6.45) is 5.82. The summed E-state index contributed by atoms with van der Waals surface area (Å²) in [4.78, 5) is 0. The molecule has 0 radical (unpaired) electrons. The predicted molar refractivity (Wildman–Crippen MR) is 67.9 cm³/mol. The van der Waals surface area contributed by atoms with Crippen LogP contribution in [0.2, 0.25) is 0 Å². The third-order valence-corrected chi connectivity index (χ3v) is 5.17. The Morgan fingerprint density at radius 1 is 1.38 bits per heavy atom. The van der Waals surface area contributed by atoms with Crippen LogP contribution in [0.3, 0.4) is 0 Å². The fourth-order valence-electron chi connectivity index (χ4n) is 2.22. The number of nitrogens with zero attached hydrogens (tertiary/aromatic N) is 2. The second-order valence-electron chi connectivity index (χ2n) is 4.71. The van der Waals surface area contributed by atoms with Crippen LogP contribution in [-0.2, 0) is 0 Å².